The molecule has 2 aromatic heterocycles. The number of aromatic nitrogens is 2. The topological polar surface area (TPSA) is 126 Å². The Kier molecular flexibility index (Phi) is 11.6. The van der Waals surface area contributed by atoms with E-state index in [9.17, 15) is 19.5 Å². The molecular weight excluding hydrogens is 641 g/mol. The van der Waals surface area contributed by atoms with E-state index in [0.717, 1.165) is 32.5 Å². The maximum Gasteiger partial charge on any atom is 0.259 e. The van der Waals surface area contributed by atoms with Gasteiger partial charge in [0.1, 0.15) is 11.6 Å². The zero-order chi connectivity index (χ0) is 31.2. The first-order valence-corrected chi connectivity index (χ1v) is 14.8. The van der Waals surface area contributed by atoms with Gasteiger partial charge in [-0.3, -0.25) is 14.4 Å². The van der Waals surface area contributed by atoms with E-state index in [1.54, 1.807) is 54.3 Å². The Balaban J connectivity index is 0.00000461. The fraction of sp³-hybridized carbons (Fsp3) is 0.250. The smallest absolute Gasteiger partial charge is 0.259 e. The number of hydrogen-bond donors (Lipinski definition) is 3. The molecule has 5 rings (SSSR count). The molecule has 1 saturated heterocycles. The van der Waals surface area contributed by atoms with Crippen LogP contribution in [0, 0.1) is 0 Å². The van der Waals surface area contributed by atoms with Crippen LogP contribution in [0.3, 0.4) is 0 Å². The minimum atomic E-state index is -0.650. The van der Waals surface area contributed by atoms with Crippen LogP contribution in [0.1, 0.15) is 33.6 Å². The number of piperidine rings is 1. The molecule has 13 heteroatoms. The molecule has 0 radical (unpaired) electrons. The van der Waals surface area contributed by atoms with Gasteiger partial charge in [0.15, 0.2) is 0 Å². The van der Waals surface area contributed by atoms with Gasteiger partial charge in [-0.2, -0.15) is 0 Å². The molecule has 1 aliphatic rings. The highest BCUT2D eigenvalue weighted by molar-refractivity contribution is 6.32. The number of anilines is 2. The third-order valence-corrected chi connectivity index (χ3v) is 7.98. The molecule has 0 saturated carbocycles. The largest absolute Gasteiger partial charge is 0.506 e. The molecule has 2 amide bonds. The van der Waals surface area contributed by atoms with Gasteiger partial charge < -0.3 is 29.9 Å². The number of methoxy groups -OCH3 is 1. The van der Waals surface area contributed by atoms with Crippen molar-refractivity contribution in [3.05, 3.63) is 105 Å². The van der Waals surface area contributed by atoms with E-state index in [2.05, 4.69) is 20.5 Å². The second-order valence-electron chi connectivity index (χ2n) is 10.4. The minimum Gasteiger partial charge on any atom is -0.506 e. The number of benzene rings is 2. The molecule has 0 atom stereocenters. The number of nitrogens with one attached hydrogen (secondary N) is 2. The number of carbonyl (C=O) groups is 2. The van der Waals surface area contributed by atoms with Crippen molar-refractivity contribution in [2.45, 2.75) is 25.5 Å². The predicted molar refractivity (Wildman–Crippen MR) is 178 cm³/mol. The first kappa shape index (κ1) is 34.0. The molecule has 4 aromatic rings. The molecule has 0 spiro atoms. The van der Waals surface area contributed by atoms with Crippen molar-refractivity contribution < 1.29 is 19.4 Å². The van der Waals surface area contributed by atoms with Crippen molar-refractivity contribution in [1.29, 1.82) is 0 Å². The Hall–Kier alpha value is -3.93. The van der Waals surface area contributed by atoms with E-state index in [1.165, 1.54) is 24.4 Å². The van der Waals surface area contributed by atoms with Crippen LogP contribution >= 0.6 is 35.6 Å². The summed E-state index contributed by atoms with van der Waals surface area (Å²) in [5.41, 5.74) is 1.13. The van der Waals surface area contributed by atoms with Crippen molar-refractivity contribution in [1.82, 2.24) is 14.5 Å². The Bertz CT molecular complexity index is 1710. The molecule has 0 unspecified atom stereocenters. The monoisotopic (exact) mass is 671 g/mol. The Labute approximate surface area is 276 Å². The number of halogens is 3. The summed E-state index contributed by atoms with van der Waals surface area (Å²) >= 11 is 12.0. The third kappa shape index (κ3) is 8.42. The number of pyridine rings is 2. The molecule has 3 N–H and O–H groups in total. The van der Waals surface area contributed by atoms with Gasteiger partial charge in [0.2, 0.25) is 0 Å². The normalized spacial score (nSPS) is 13.6. The fourth-order valence-electron chi connectivity index (χ4n) is 5.07. The number of phenols is 1. The second-order valence-corrected chi connectivity index (χ2v) is 11.3. The first-order valence-electron chi connectivity index (χ1n) is 14.0. The summed E-state index contributed by atoms with van der Waals surface area (Å²) in [7, 11) is 1.74. The molecule has 0 bridgehead atoms. The molecule has 2 aromatic carbocycles. The summed E-state index contributed by atoms with van der Waals surface area (Å²) in [5, 5.41) is 16.3. The Morgan fingerprint density at radius 1 is 0.978 bits per heavy atom. The first-order chi connectivity index (χ1) is 21.2. The highest BCUT2D eigenvalue weighted by atomic mass is 35.5. The van der Waals surface area contributed by atoms with Crippen LogP contribution in [0.4, 0.5) is 11.5 Å². The molecule has 0 aliphatic carbocycles. The van der Waals surface area contributed by atoms with Crippen LogP contribution in [-0.2, 0) is 11.3 Å². The number of likely N-dealkylation sites (tertiary alicyclic amines) is 1. The van der Waals surface area contributed by atoms with Gasteiger partial charge in [0.25, 0.3) is 17.4 Å². The number of aromatic hydroxyl groups is 1. The number of hydrogen-bond acceptors (Lipinski definition) is 7. The van der Waals surface area contributed by atoms with Crippen LogP contribution in [0.25, 0.3) is 11.1 Å². The number of amides is 2. The van der Waals surface area contributed by atoms with Crippen molar-refractivity contribution in [3.63, 3.8) is 0 Å². The van der Waals surface area contributed by atoms with Crippen LogP contribution in [0.2, 0.25) is 10.0 Å². The zero-order valence-corrected chi connectivity index (χ0v) is 26.7. The molecule has 45 heavy (non-hydrogen) atoms. The Morgan fingerprint density at radius 2 is 1.71 bits per heavy atom. The van der Waals surface area contributed by atoms with Gasteiger partial charge in [0.05, 0.1) is 22.4 Å². The van der Waals surface area contributed by atoms with E-state index in [1.807, 2.05) is 6.07 Å². The molecule has 3 heterocycles. The highest BCUT2D eigenvalue weighted by Crippen LogP contribution is 2.33. The van der Waals surface area contributed by atoms with Crippen molar-refractivity contribution in [2.24, 2.45) is 0 Å². The zero-order valence-electron chi connectivity index (χ0n) is 24.3. The van der Waals surface area contributed by atoms with Gasteiger partial charge in [-0.1, -0.05) is 35.3 Å². The standard InChI is InChI=1S/C32H31Cl2N5O5.ClH/c1-44-24-10-13-38(14-11-24)15-16-39-12-2-3-25(32(39)43)20-4-6-21(7-5-20)30(41)37-29-26(17-23(34)18-27(29)40)31(42)36-28-9-8-22(33)19-35-28;/h2-9,12,17-19,24,40H,10-11,13-16H2,1H3,(H,37,41)(H,35,36,42);1H. The highest BCUT2D eigenvalue weighted by Gasteiger charge is 2.21. The van der Waals surface area contributed by atoms with Crippen LogP contribution in [0.15, 0.2) is 77.9 Å². The molecule has 1 fully saturated rings. The Morgan fingerprint density at radius 3 is 2.38 bits per heavy atom. The van der Waals surface area contributed by atoms with E-state index in [0.29, 0.717) is 28.8 Å². The lowest BCUT2D eigenvalue weighted by Gasteiger charge is -2.31. The third-order valence-electron chi connectivity index (χ3n) is 7.54. The molecule has 236 valence electrons. The van der Waals surface area contributed by atoms with Gasteiger partial charge in [-0.25, -0.2) is 4.98 Å². The summed E-state index contributed by atoms with van der Waals surface area (Å²) in [5.74, 6) is -1.39. The lowest BCUT2D eigenvalue weighted by Crippen LogP contribution is -2.39. The van der Waals surface area contributed by atoms with Crippen LogP contribution in [0.5, 0.6) is 5.75 Å². The van der Waals surface area contributed by atoms with E-state index < -0.39 is 11.8 Å². The number of ether oxygens (including phenoxy) is 1. The summed E-state index contributed by atoms with van der Waals surface area (Å²) < 4.78 is 7.14. The average molecular weight is 673 g/mol. The number of nitrogens with zero attached hydrogens (tertiary/aromatic N) is 3. The number of carbonyl (C=O) groups excluding carboxylic acids is 2. The van der Waals surface area contributed by atoms with E-state index in [-0.39, 0.29) is 51.4 Å². The van der Waals surface area contributed by atoms with E-state index >= 15 is 0 Å². The van der Waals surface area contributed by atoms with Crippen molar-refractivity contribution in [2.75, 3.05) is 37.4 Å². The molecule has 1 aliphatic heterocycles. The average Bonchev–Trinajstić information content (AvgIpc) is 3.03. The number of phenolic OH excluding ortho intramolecular Hbond substituents is 1. The summed E-state index contributed by atoms with van der Waals surface area (Å²) in [6.45, 7) is 3.22. The van der Waals surface area contributed by atoms with Gasteiger partial charge in [-0.05, 0) is 60.9 Å². The van der Waals surface area contributed by atoms with E-state index in [4.69, 9.17) is 27.9 Å². The lowest BCUT2D eigenvalue weighted by atomic mass is 10.0. The summed E-state index contributed by atoms with van der Waals surface area (Å²) in [6.07, 6.45) is 5.43. The quantitative estimate of drug-likeness (QED) is 0.187. The minimum absolute atomic E-state index is 0. The maximum absolute atomic E-state index is 13.3. The maximum atomic E-state index is 13.3. The lowest BCUT2D eigenvalue weighted by molar-refractivity contribution is 0.0401. The van der Waals surface area contributed by atoms with Gasteiger partial charge >= 0.3 is 0 Å². The number of rotatable bonds is 9. The fourth-order valence-corrected chi connectivity index (χ4v) is 5.40. The molecule has 10 nitrogen and oxygen atoms in total. The van der Waals surface area contributed by atoms with Gasteiger partial charge in [-0.15, -0.1) is 12.4 Å². The SMILES string of the molecule is COC1CCN(CCn2cccc(-c3ccc(C(=O)Nc4c(O)cc(Cl)cc4C(=O)Nc4ccc(Cl)cn4)cc3)c2=O)CC1.Cl. The predicted octanol–water partition coefficient (Wildman–Crippen LogP) is 5.96. The van der Waals surface area contributed by atoms with Crippen LogP contribution in [-0.4, -0.2) is 64.2 Å². The summed E-state index contributed by atoms with van der Waals surface area (Å²) in [4.78, 5) is 45.8. The second kappa shape index (κ2) is 15.4. The van der Waals surface area contributed by atoms with Gasteiger partial charge in [0, 0.05) is 67.9 Å². The van der Waals surface area contributed by atoms with Crippen LogP contribution < -0.4 is 16.2 Å². The van der Waals surface area contributed by atoms with Crippen molar-refractivity contribution in [3.8, 4) is 16.9 Å². The molecular formula is C32H32Cl3N5O5. The van der Waals surface area contributed by atoms with Crippen molar-refractivity contribution >= 4 is 58.9 Å². The summed E-state index contributed by atoms with van der Waals surface area (Å²) in [6, 6.07) is 15.7.